The molecule has 0 bridgehead atoms. The van der Waals surface area contributed by atoms with Gasteiger partial charge in [-0.2, -0.15) is 0 Å². The summed E-state index contributed by atoms with van der Waals surface area (Å²) in [6.45, 7) is 7.03. The number of rotatable bonds is 3. The minimum atomic E-state index is -3.34. The van der Waals surface area contributed by atoms with Crippen molar-refractivity contribution in [3.8, 4) is 0 Å². The third kappa shape index (κ3) is 2.47. The summed E-state index contributed by atoms with van der Waals surface area (Å²) in [7, 11) is -3.34. The van der Waals surface area contributed by atoms with E-state index in [9.17, 15) is 8.42 Å². The lowest BCUT2D eigenvalue weighted by Crippen LogP contribution is -2.23. The maximum absolute atomic E-state index is 11.7. The van der Waals surface area contributed by atoms with Crippen LogP contribution in [0.2, 0.25) is 0 Å². The minimum absolute atomic E-state index is 0.451. The number of sulfonamides is 1. The largest absolute Gasteiger partial charge is 0.397 e. The van der Waals surface area contributed by atoms with E-state index < -0.39 is 15.3 Å². The van der Waals surface area contributed by atoms with Crippen molar-refractivity contribution in [1.29, 1.82) is 0 Å². The number of nitrogens with two attached hydrogens (primary N) is 1. The Hall–Kier alpha value is -1.23. The van der Waals surface area contributed by atoms with E-state index in [1.165, 1.54) is 0 Å². The summed E-state index contributed by atoms with van der Waals surface area (Å²) < 4.78 is 26.0. The molecule has 0 fully saturated rings. The Bertz CT molecular complexity index is 493. The van der Waals surface area contributed by atoms with Crippen LogP contribution in [0, 0.1) is 13.8 Å². The van der Waals surface area contributed by atoms with Crippen LogP contribution >= 0.6 is 0 Å². The van der Waals surface area contributed by atoms with E-state index in [-0.39, 0.29) is 0 Å². The van der Waals surface area contributed by atoms with E-state index >= 15 is 0 Å². The normalized spacial score (nSPS) is 11.8. The fourth-order valence-corrected chi connectivity index (χ4v) is 2.02. The molecule has 90 valence electrons. The molecule has 1 rings (SSSR count). The monoisotopic (exact) mass is 242 g/mol. The summed E-state index contributed by atoms with van der Waals surface area (Å²) in [6, 6.07) is 3.58. The van der Waals surface area contributed by atoms with E-state index in [2.05, 4.69) is 4.72 Å². The Kier molecular flexibility index (Phi) is 3.48. The molecular formula is C11H18N2O2S. The zero-order valence-corrected chi connectivity index (χ0v) is 10.9. The molecule has 0 radical (unpaired) electrons. The quantitative estimate of drug-likeness (QED) is 0.797. The summed E-state index contributed by atoms with van der Waals surface area (Å²) in [5, 5.41) is -0.480. The van der Waals surface area contributed by atoms with Crippen LogP contribution in [0.25, 0.3) is 0 Å². The second-order valence-corrected chi connectivity index (χ2v) is 6.40. The molecule has 5 heteroatoms. The van der Waals surface area contributed by atoms with Gasteiger partial charge in [0.15, 0.2) is 0 Å². The molecular weight excluding hydrogens is 224 g/mol. The van der Waals surface area contributed by atoms with Crippen molar-refractivity contribution in [2.75, 3.05) is 10.5 Å². The summed E-state index contributed by atoms with van der Waals surface area (Å²) >= 11 is 0. The van der Waals surface area contributed by atoms with Gasteiger partial charge < -0.3 is 5.73 Å². The predicted octanol–water partition coefficient (Wildman–Crippen LogP) is 2.04. The predicted molar refractivity (Wildman–Crippen MR) is 68.0 cm³/mol. The van der Waals surface area contributed by atoms with Crippen molar-refractivity contribution >= 4 is 21.4 Å². The van der Waals surface area contributed by atoms with E-state index in [1.807, 2.05) is 19.9 Å². The van der Waals surface area contributed by atoms with Crippen molar-refractivity contribution in [2.24, 2.45) is 0 Å². The van der Waals surface area contributed by atoms with Gasteiger partial charge in [-0.25, -0.2) is 8.42 Å². The van der Waals surface area contributed by atoms with Gasteiger partial charge in [0.25, 0.3) is 0 Å². The molecule has 0 heterocycles. The first-order valence-electron chi connectivity index (χ1n) is 5.13. The third-order valence-electron chi connectivity index (χ3n) is 2.63. The second-order valence-electron chi connectivity index (χ2n) is 4.17. The fraction of sp³-hybridized carbons (Fsp3) is 0.455. The fourth-order valence-electron chi connectivity index (χ4n) is 1.23. The molecule has 0 amide bonds. The standard InChI is InChI=1S/C11H18N2O2S/c1-7(2)16(14,15)13-11-9(4)8(3)5-6-10(11)12/h5-7,13H,12H2,1-4H3. The number of nitrogen functional groups attached to an aromatic ring is 1. The second kappa shape index (κ2) is 4.33. The molecule has 1 aromatic rings. The number of nitrogens with one attached hydrogen (secondary N) is 1. The molecule has 0 saturated heterocycles. The van der Waals surface area contributed by atoms with Gasteiger partial charge >= 0.3 is 0 Å². The Morgan fingerprint density at radius 3 is 2.31 bits per heavy atom. The number of hydrogen-bond acceptors (Lipinski definition) is 3. The SMILES string of the molecule is Cc1ccc(N)c(NS(=O)(=O)C(C)C)c1C. The van der Waals surface area contributed by atoms with Gasteiger partial charge in [0.1, 0.15) is 0 Å². The molecule has 0 aliphatic rings. The maximum Gasteiger partial charge on any atom is 0.235 e. The molecule has 0 aromatic heterocycles. The first-order valence-corrected chi connectivity index (χ1v) is 6.67. The first-order chi connectivity index (χ1) is 7.25. The highest BCUT2D eigenvalue weighted by molar-refractivity contribution is 7.93. The van der Waals surface area contributed by atoms with Crippen LogP contribution in [0.1, 0.15) is 25.0 Å². The molecule has 0 aliphatic carbocycles. The molecule has 0 aliphatic heterocycles. The highest BCUT2D eigenvalue weighted by Gasteiger charge is 2.18. The van der Waals surface area contributed by atoms with Gasteiger partial charge in [-0.1, -0.05) is 6.07 Å². The zero-order valence-electron chi connectivity index (χ0n) is 10.0. The number of benzene rings is 1. The highest BCUT2D eigenvalue weighted by atomic mass is 32.2. The number of hydrogen-bond donors (Lipinski definition) is 2. The third-order valence-corrected chi connectivity index (χ3v) is 4.36. The first kappa shape index (κ1) is 12.8. The van der Waals surface area contributed by atoms with Gasteiger partial charge in [-0.05, 0) is 44.9 Å². The molecule has 0 saturated carbocycles. The van der Waals surface area contributed by atoms with Gasteiger partial charge in [-0.15, -0.1) is 0 Å². The maximum atomic E-state index is 11.7. The topological polar surface area (TPSA) is 72.2 Å². The Balaban J connectivity index is 3.21. The number of anilines is 2. The lowest BCUT2D eigenvalue weighted by Gasteiger charge is -2.16. The van der Waals surface area contributed by atoms with Crippen LogP contribution in [-0.4, -0.2) is 13.7 Å². The van der Waals surface area contributed by atoms with Crippen molar-refractivity contribution in [2.45, 2.75) is 32.9 Å². The summed E-state index contributed by atoms with van der Waals surface area (Å²) in [6.07, 6.45) is 0. The van der Waals surface area contributed by atoms with Gasteiger partial charge in [0, 0.05) is 0 Å². The summed E-state index contributed by atoms with van der Waals surface area (Å²) in [5.74, 6) is 0. The van der Waals surface area contributed by atoms with E-state index in [0.29, 0.717) is 11.4 Å². The lowest BCUT2D eigenvalue weighted by molar-refractivity contribution is 0.592. The van der Waals surface area contributed by atoms with E-state index in [1.54, 1.807) is 19.9 Å². The lowest BCUT2D eigenvalue weighted by atomic mass is 10.1. The van der Waals surface area contributed by atoms with Crippen molar-refractivity contribution < 1.29 is 8.42 Å². The molecule has 4 nitrogen and oxygen atoms in total. The van der Waals surface area contributed by atoms with Crippen LogP contribution in [0.4, 0.5) is 11.4 Å². The van der Waals surface area contributed by atoms with E-state index in [4.69, 9.17) is 5.73 Å². The molecule has 0 atom stereocenters. The molecule has 0 unspecified atom stereocenters. The minimum Gasteiger partial charge on any atom is -0.397 e. The van der Waals surface area contributed by atoms with Crippen LogP contribution in [0.3, 0.4) is 0 Å². The smallest absolute Gasteiger partial charge is 0.235 e. The Morgan fingerprint density at radius 2 is 1.81 bits per heavy atom. The Labute approximate surface area is 96.9 Å². The van der Waals surface area contributed by atoms with Crippen LogP contribution in [0.15, 0.2) is 12.1 Å². The van der Waals surface area contributed by atoms with Crippen molar-refractivity contribution in [3.05, 3.63) is 23.3 Å². The molecule has 1 aromatic carbocycles. The van der Waals surface area contributed by atoms with Crippen LogP contribution in [-0.2, 0) is 10.0 Å². The van der Waals surface area contributed by atoms with Gasteiger partial charge in [-0.3, -0.25) is 4.72 Å². The van der Waals surface area contributed by atoms with Crippen LogP contribution in [0.5, 0.6) is 0 Å². The zero-order chi connectivity index (χ0) is 12.5. The molecule has 0 spiro atoms. The Morgan fingerprint density at radius 1 is 1.25 bits per heavy atom. The molecule has 16 heavy (non-hydrogen) atoms. The van der Waals surface area contributed by atoms with Crippen LogP contribution < -0.4 is 10.5 Å². The molecule has 3 N–H and O–H groups in total. The average Bonchev–Trinajstić information content (AvgIpc) is 2.18. The van der Waals surface area contributed by atoms with E-state index in [0.717, 1.165) is 11.1 Å². The van der Waals surface area contributed by atoms with Crippen molar-refractivity contribution in [3.63, 3.8) is 0 Å². The average molecular weight is 242 g/mol. The number of aryl methyl sites for hydroxylation is 1. The van der Waals surface area contributed by atoms with Gasteiger partial charge in [0.05, 0.1) is 16.6 Å². The summed E-state index contributed by atoms with van der Waals surface area (Å²) in [5.41, 5.74) is 8.59. The van der Waals surface area contributed by atoms with Crippen molar-refractivity contribution in [1.82, 2.24) is 0 Å². The van der Waals surface area contributed by atoms with Gasteiger partial charge in [0.2, 0.25) is 10.0 Å². The summed E-state index contributed by atoms with van der Waals surface area (Å²) in [4.78, 5) is 0. The highest BCUT2D eigenvalue weighted by Crippen LogP contribution is 2.27.